The molecule has 63 heavy (non-hydrogen) atoms. The molecule has 0 saturated heterocycles. The summed E-state index contributed by atoms with van der Waals surface area (Å²) in [6.45, 7) is 0. The standard InChI is InChI=1S/C57H41N5O/c1-4-16-36(17-5-1)55-58-56(37-18-6-2-7-19-37)60-57(59-55)44-25-15-29-52-53(44)43-24-14-28-51(54(43)63-52)62-48-27-13-11-23-42(48)46-35-39(31-33-50(46)62)38-30-32-49-45(34-38)41-22-10-12-26-47(41)61(49)40-20-8-3-9-21-40/h1-6,8-18,20-35,56-57,60H,7,19H2,(H,58,59). The second-order valence-corrected chi connectivity index (χ2v) is 16.7. The number of furan rings is 1. The number of aliphatic imine (C=N–C) groups is 1. The fourth-order valence-electron chi connectivity index (χ4n) is 10.2. The van der Waals surface area contributed by atoms with Crippen molar-refractivity contribution in [3.8, 4) is 22.5 Å². The Morgan fingerprint density at radius 3 is 1.90 bits per heavy atom. The van der Waals surface area contributed by atoms with E-state index in [1.807, 2.05) is 6.07 Å². The zero-order valence-corrected chi connectivity index (χ0v) is 34.4. The van der Waals surface area contributed by atoms with Crippen molar-refractivity contribution in [2.75, 3.05) is 0 Å². The van der Waals surface area contributed by atoms with Crippen LogP contribution in [0.15, 0.2) is 215 Å². The summed E-state index contributed by atoms with van der Waals surface area (Å²) in [5.41, 5.74) is 14.4. The smallest absolute Gasteiger partial charge is 0.159 e. The highest BCUT2D eigenvalue weighted by molar-refractivity contribution is 6.15. The van der Waals surface area contributed by atoms with Gasteiger partial charge in [0.25, 0.3) is 0 Å². The van der Waals surface area contributed by atoms with E-state index in [1.165, 1.54) is 49.3 Å². The quantitative estimate of drug-likeness (QED) is 0.176. The maximum atomic E-state index is 6.96. The lowest BCUT2D eigenvalue weighted by Gasteiger charge is -2.34. The molecule has 2 atom stereocenters. The number of fused-ring (bicyclic) bond motifs is 9. The van der Waals surface area contributed by atoms with Crippen molar-refractivity contribution in [3.63, 3.8) is 0 Å². The van der Waals surface area contributed by atoms with Crippen LogP contribution in [-0.4, -0.2) is 21.1 Å². The molecule has 1 aliphatic heterocycles. The van der Waals surface area contributed by atoms with Gasteiger partial charge in [-0.15, -0.1) is 0 Å². The van der Waals surface area contributed by atoms with Gasteiger partial charge in [-0.3, -0.25) is 5.32 Å². The third-order valence-electron chi connectivity index (χ3n) is 13.1. The zero-order valence-electron chi connectivity index (χ0n) is 34.4. The predicted molar refractivity (Wildman–Crippen MR) is 260 cm³/mol. The van der Waals surface area contributed by atoms with Gasteiger partial charge in [0.1, 0.15) is 23.8 Å². The van der Waals surface area contributed by atoms with Gasteiger partial charge in [-0.25, -0.2) is 4.99 Å². The number of aromatic nitrogens is 2. The molecule has 0 radical (unpaired) electrons. The van der Waals surface area contributed by atoms with Crippen LogP contribution < -0.4 is 10.6 Å². The van der Waals surface area contributed by atoms with Gasteiger partial charge in [-0.05, 0) is 90.2 Å². The Kier molecular flexibility index (Phi) is 8.14. The van der Waals surface area contributed by atoms with Crippen LogP contribution in [0.5, 0.6) is 0 Å². The Morgan fingerprint density at radius 2 is 1.17 bits per heavy atom. The number of hydrogen-bond donors (Lipinski definition) is 2. The van der Waals surface area contributed by atoms with E-state index in [0.717, 1.165) is 74.2 Å². The lowest BCUT2D eigenvalue weighted by atomic mass is 9.98. The molecule has 6 nitrogen and oxygen atoms in total. The van der Waals surface area contributed by atoms with Crippen molar-refractivity contribution in [2.45, 2.75) is 25.2 Å². The van der Waals surface area contributed by atoms with Crippen molar-refractivity contribution in [1.82, 2.24) is 19.8 Å². The van der Waals surface area contributed by atoms with Crippen LogP contribution >= 0.6 is 0 Å². The molecule has 1 aliphatic carbocycles. The van der Waals surface area contributed by atoms with Gasteiger partial charge in [0.05, 0.1) is 27.8 Å². The van der Waals surface area contributed by atoms with Gasteiger partial charge in [-0.2, -0.15) is 0 Å². The molecule has 11 aromatic rings. The van der Waals surface area contributed by atoms with Crippen LogP contribution in [0.3, 0.4) is 0 Å². The summed E-state index contributed by atoms with van der Waals surface area (Å²) >= 11 is 0. The van der Waals surface area contributed by atoms with Gasteiger partial charge in [0.2, 0.25) is 0 Å². The van der Waals surface area contributed by atoms with Crippen LogP contribution in [0.4, 0.5) is 0 Å². The minimum absolute atomic E-state index is 0.0595. The summed E-state index contributed by atoms with van der Waals surface area (Å²) in [6, 6.07) is 65.3. The number of para-hydroxylation sites is 4. The lowest BCUT2D eigenvalue weighted by molar-refractivity contribution is 0.430. The SMILES string of the molecule is C1=CCCC(C2NC(c3ccccc3)=NC(c3cccc4oc5c(-n6c7ccccc7c7cc(-c8ccc9c(c8)c8ccccc8n9-c8ccccc8)ccc76)cccc5c34)N2)=C1. The number of nitrogens with zero attached hydrogens (tertiary/aromatic N) is 3. The minimum Gasteiger partial charge on any atom is -0.454 e. The van der Waals surface area contributed by atoms with Crippen molar-refractivity contribution >= 4 is 71.4 Å². The number of amidine groups is 1. The fourth-order valence-corrected chi connectivity index (χ4v) is 10.2. The van der Waals surface area contributed by atoms with Crippen LogP contribution in [0.2, 0.25) is 0 Å². The van der Waals surface area contributed by atoms with Crippen molar-refractivity contribution in [2.24, 2.45) is 4.99 Å². The zero-order chi connectivity index (χ0) is 41.4. The Hall–Kier alpha value is -7.93. The van der Waals surface area contributed by atoms with Crippen molar-refractivity contribution in [1.29, 1.82) is 0 Å². The molecule has 3 aromatic heterocycles. The van der Waals surface area contributed by atoms with E-state index >= 15 is 0 Å². The Balaban J connectivity index is 0.954. The first kappa shape index (κ1) is 35.8. The molecule has 300 valence electrons. The predicted octanol–water partition coefficient (Wildman–Crippen LogP) is 13.7. The molecule has 0 fully saturated rings. The molecule has 6 heteroatoms. The Bertz CT molecular complexity index is 3700. The van der Waals surface area contributed by atoms with E-state index in [2.05, 4.69) is 214 Å². The van der Waals surface area contributed by atoms with Crippen LogP contribution in [0.1, 0.15) is 30.1 Å². The first-order valence-corrected chi connectivity index (χ1v) is 21.8. The molecule has 4 heterocycles. The molecular formula is C57H41N5O. The molecule has 13 rings (SSSR count). The third kappa shape index (κ3) is 5.72. The van der Waals surface area contributed by atoms with Gasteiger partial charge >= 0.3 is 0 Å². The maximum Gasteiger partial charge on any atom is 0.159 e. The molecule has 2 N–H and O–H groups in total. The second-order valence-electron chi connectivity index (χ2n) is 16.7. The lowest BCUT2D eigenvalue weighted by Crippen LogP contribution is -2.52. The van der Waals surface area contributed by atoms with E-state index in [0.29, 0.717) is 0 Å². The summed E-state index contributed by atoms with van der Waals surface area (Å²) in [6.07, 6.45) is 8.29. The average Bonchev–Trinajstić information content (AvgIpc) is 4.02. The van der Waals surface area contributed by atoms with Gasteiger partial charge in [-0.1, -0.05) is 140 Å². The summed E-state index contributed by atoms with van der Waals surface area (Å²) in [5.74, 6) is 0.883. The van der Waals surface area contributed by atoms with E-state index in [9.17, 15) is 0 Å². The number of nitrogens with one attached hydrogen (secondary N) is 2. The number of hydrogen-bond acceptors (Lipinski definition) is 4. The normalized spacial score (nSPS) is 16.6. The summed E-state index contributed by atoms with van der Waals surface area (Å²) < 4.78 is 11.7. The van der Waals surface area contributed by atoms with Gasteiger partial charge in [0.15, 0.2) is 5.58 Å². The van der Waals surface area contributed by atoms with E-state index in [1.54, 1.807) is 0 Å². The number of allylic oxidation sites excluding steroid dienone is 3. The van der Waals surface area contributed by atoms with Gasteiger partial charge < -0.3 is 18.9 Å². The highest BCUT2D eigenvalue weighted by atomic mass is 16.3. The molecular weight excluding hydrogens is 771 g/mol. The fraction of sp³-hybridized carbons (Fsp3) is 0.0702. The third-order valence-corrected chi connectivity index (χ3v) is 13.1. The molecule has 8 aromatic carbocycles. The van der Waals surface area contributed by atoms with Crippen molar-refractivity contribution < 1.29 is 4.42 Å². The summed E-state index contributed by atoms with van der Waals surface area (Å²) in [4.78, 5) is 5.34. The number of rotatable bonds is 6. The van der Waals surface area contributed by atoms with Gasteiger partial charge in [0, 0.05) is 49.1 Å². The highest BCUT2D eigenvalue weighted by Gasteiger charge is 2.29. The van der Waals surface area contributed by atoms with E-state index < -0.39 is 0 Å². The number of benzene rings is 8. The molecule has 2 unspecified atom stereocenters. The van der Waals surface area contributed by atoms with E-state index in [4.69, 9.17) is 9.41 Å². The highest BCUT2D eigenvalue weighted by Crippen LogP contribution is 2.42. The Morgan fingerprint density at radius 1 is 0.540 bits per heavy atom. The van der Waals surface area contributed by atoms with Crippen molar-refractivity contribution in [3.05, 3.63) is 217 Å². The van der Waals surface area contributed by atoms with E-state index in [-0.39, 0.29) is 12.3 Å². The maximum absolute atomic E-state index is 6.96. The second kappa shape index (κ2) is 14.3. The topological polar surface area (TPSA) is 59.4 Å². The largest absolute Gasteiger partial charge is 0.454 e. The first-order valence-electron chi connectivity index (χ1n) is 21.8. The Labute approximate surface area is 363 Å². The summed E-state index contributed by atoms with van der Waals surface area (Å²) in [5, 5.41) is 14.6. The first-order chi connectivity index (χ1) is 31.2. The van der Waals surface area contributed by atoms with Crippen LogP contribution in [0.25, 0.3) is 88.1 Å². The summed E-state index contributed by atoms with van der Waals surface area (Å²) in [7, 11) is 0. The average molecular weight is 812 g/mol. The minimum atomic E-state index is -0.299. The van der Waals surface area contributed by atoms with Crippen LogP contribution in [0, 0.1) is 0 Å². The molecule has 0 spiro atoms. The molecule has 0 amide bonds. The molecule has 2 aliphatic rings. The monoisotopic (exact) mass is 811 g/mol. The van der Waals surface area contributed by atoms with Crippen LogP contribution in [-0.2, 0) is 0 Å². The molecule has 0 saturated carbocycles. The molecule has 0 bridgehead atoms.